The van der Waals surface area contributed by atoms with Crippen LogP contribution in [0.2, 0.25) is 0 Å². The zero-order valence-corrected chi connectivity index (χ0v) is 18.5. The summed E-state index contributed by atoms with van der Waals surface area (Å²) in [7, 11) is 1.44. The maximum atomic E-state index is 13.1. The van der Waals surface area contributed by atoms with Crippen LogP contribution in [-0.4, -0.2) is 48.2 Å². The van der Waals surface area contributed by atoms with Crippen LogP contribution in [0.5, 0.6) is 5.75 Å². The standard InChI is InChI=1S/C23H25N5O6/c1-33-11-10-27(18(29)14-34-17-9-5-8-16(12-17)21(25)30)19-20(24)28(23(32)26-22(19)31)13-15-6-3-2-4-7-15/h2-9,12H,10-11,13-14,24H2,1H3,(H2,25,30)(H,26,31,32). The molecule has 3 aromatic rings. The summed E-state index contributed by atoms with van der Waals surface area (Å²) in [5.41, 5.74) is 10.8. The van der Waals surface area contributed by atoms with E-state index in [0.717, 1.165) is 10.5 Å². The molecule has 3 rings (SSSR count). The second-order valence-corrected chi connectivity index (χ2v) is 7.28. The van der Waals surface area contributed by atoms with Crippen molar-refractivity contribution in [2.45, 2.75) is 6.54 Å². The molecule has 2 aromatic carbocycles. The van der Waals surface area contributed by atoms with Gasteiger partial charge in [0.25, 0.3) is 11.5 Å². The Morgan fingerprint density at radius 2 is 1.82 bits per heavy atom. The van der Waals surface area contributed by atoms with E-state index in [1.165, 1.54) is 23.8 Å². The van der Waals surface area contributed by atoms with Crippen molar-refractivity contribution in [1.29, 1.82) is 0 Å². The number of hydrogen-bond donors (Lipinski definition) is 3. The number of aromatic nitrogens is 2. The SMILES string of the molecule is COCCN(C(=O)COc1cccc(C(N)=O)c1)c1c(N)n(Cc2ccccc2)c(=O)[nH]c1=O. The van der Waals surface area contributed by atoms with Gasteiger partial charge in [-0.25, -0.2) is 4.79 Å². The van der Waals surface area contributed by atoms with Crippen molar-refractivity contribution >= 4 is 23.3 Å². The van der Waals surface area contributed by atoms with Gasteiger partial charge < -0.3 is 20.9 Å². The Balaban J connectivity index is 1.92. The van der Waals surface area contributed by atoms with Crippen molar-refractivity contribution in [3.05, 3.63) is 86.6 Å². The molecule has 34 heavy (non-hydrogen) atoms. The number of H-pyrrole nitrogens is 1. The summed E-state index contributed by atoms with van der Waals surface area (Å²) in [6.45, 7) is -0.295. The number of nitrogens with one attached hydrogen (secondary N) is 1. The molecule has 0 aliphatic rings. The van der Waals surface area contributed by atoms with Gasteiger partial charge >= 0.3 is 5.69 Å². The first kappa shape index (κ1) is 24.3. The molecule has 0 saturated carbocycles. The average Bonchev–Trinajstić information content (AvgIpc) is 2.83. The van der Waals surface area contributed by atoms with Gasteiger partial charge in [-0.1, -0.05) is 36.4 Å². The first-order valence-corrected chi connectivity index (χ1v) is 10.3. The van der Waals surface area contributed by atoms with Crippen LogP contribution in [-0.2, 0) is 16.1 Å². The molecule has 2 amide bonds. The van der Waals surface area contributed by atoms with Gasteiger partial charge in [0.2, 0.25) is 5.91 Å². The fourth-order valence-corrected chi connectivity index (χ4v) is 3.27. The number of nitrogens with zero attached hydrogens (tertiary/aromatic N) is 2. The van der Waals surface area contributed by atoms with Gasteiger partial charge in [0.1, 0.15) is 11.6 Å². The molecule has 0 radical (unpaired) electrons. The van der Waals surface area contributed by atoms with E-state index < -0.39 is 29.7 Å². The monoisotopic (exact) mass is 467 g/mol. The van der Waals surface area contributed by atoms with Crippen molar-refractivity contribution in [2.75, 3.05) is 37.5 Å². The molecule has 11 nitrogen and oxygen atoms in total. The first-order valence-electron chi connectivity index (χ1n) is 10.3. The number of benzene rings is 2. The Bertz CT molecular complexity index is 1280. The molecule has 0 bridgehead atoms. The smallest absolute Gasteiger partial charge is 0.330 e. The Labute approximate surface area is 194 Å². The van der Waals surface area contributed by atoms with Crippen molar-refractivity contribution in [2.24, 2.45) is 5.73 Å². The minimum atomic E-state index is -0.813. The van der Waals surface area contributed by atoms with Crippen molar-refractivity contribution in [3.63, 3.8) is 0 Å². The van der Waals surface area contributed by atoms with E-state index in [9.17, 15) is 19.2 Å². The van der Waals surface area contributed by atoms with E-state index in [-0.39, 0.29) is 42.5 Å². The Morgan fingerprint density at radius 1 is 1.09 bits per heavy atom. The molecule has 0 saturated heterocycles. The summed E-state index contributed by atoms with van der Waals surface area (Å²) < 4.78 is 11.8. The predicted octanol–water partition coefficient (Wildman–Crippen LogP) is 0.324. The van der Waals surface area contributed by atoms with Gasteiger partial charge in [0.05, 0.1) is 13.2 Å². The van der Waals surface area contributed by atoms with Crippen LogP contribution in [0.1, 0.15) is 15.9 Å². The topological polar surface area (TPSA) is 163 Å². The van der Waals surface area contributed by atoms with Gasteiger partial charge in [-0.3, -0.25) is 28.8 Å². The molecular formula is C23H25N5O6. The number of carbonyl (C=O) groups is 2. The van der Waals surface area contributed by atoms with Crippen molar-refractivity contribution < 1.29 is 19.1 Å². The average molecular weight is 467 g/mol. The second kappa shape index (κ2) is 11.0. The Morgan fingerprint density at radius 3 is 2.50 bits per heavy atom. The van der Waals surface area contributed by atoms with Crippen LogP contribution in [0.3, 0.4) is 0 Å². The van der Waals surface area contributed by atoms with Gasteiger partial charge in [0.15, 0.2) is 12.3 Å². The summed E-state index contributed by atoms with van der Waals surface area (Å²) in [4.78, 5) is 52.9. The maximum Gasteiger partial charge on any atom is 0.330 e. The molecule has 0 aliphatic carbocycles. The van der Waals surface area contributed by atoms with E-state index in [2.05, 4.69) is 4.98 Å². The van der Waals surface area contributed by atoms with Crippen LogP contribution >= 0.6 is 0 Å². The molecule has 0 aliphatic heterocycles. The lowest BCUT2D eigenvalue weighted by atomic mass is 10.2. The number of rotatable bonds is 10. The highest BCUT2D eigenvalue weighted by atomic mass is 16.5. The molecule has 0 fully saturated rings. The van der Waals surface area contributed by atoms with Crippen LogP contribution < -0.4 is 32.4 Å². The second-order valence-electron chi connectivity index (χ2n) is 7.28. The largest absolute Gasteiger partial charge is 0.484 e. The number of anilines is 2. The van der Waals surface area contributed by atoms with E-state index >= 15 is 0 Å². The molecular weight excluding hydrogens is 442 g/mol. The minimum Gasteiger partial charge on any atom is -0.484 e. The number of nitrogens with two attached hydrogens (primary N) is 2. The zero-order valence-electron chi connectivity index (χ0n) is 18.5. The highest BCUT2D eigenvalue weighted by Crippen LogP contribution is 2.19. The number of ether oxygens (including phenoxy) is 2. The quantitative estimate of drug-likeness (QED) is 0.387. The van der Waals surface area contributed by atoms with Gasteiger partial charge in [-0.2, -0.15) is 0 Å². The van der Waals surface area contributed by atoms with E-state index in [1.54, 1.807) is 24.3 Å². The van der Waals surface area contributed by atoms with Gasteiger partial charge in [0, 0.05) is 19.2 Å². The first-order chi connectivity index (χ1) is 16.3. The third-order valence-electron chi connectivity index (χ3n) is 4.97. The van der Waals surface area contributed by atoms with Crippen molar-refractivity contribution in [1.82, 2.24) is 9.55 Å². The van der Waals surface area contributed by atoms with Crippen LogP contribution in [0.4, 0.5) is 11.5 Å². The van der Waals surface area contributed by atoms with Crippen LogP contribution in [0.15, 0.2) is 64.2 Å². The number of aromatic amines is 1. The molecule has 178 valence electrons. The normalized spacial score (nSPS) is 10.6. The third kappa shape index (κ3) is 5.70. The summed E-state index contributed by atoms with van der Waals surface area (Å²) >= 11 is 0. The Hall–Kier alpha value is -4.38. The lowest BCUT2D eigenvalue weighted by molar-refractivity contribution is -0.120. The molecule has 1 aromatic heterocycles. The number of methoxy groups -OCH3 is 1. The van der Waals surface area contributed by atoms with Crippen molar-refractivity contribution in [3.8, 4) is 5.75 Å². The van der Waals surface area contributed by atoms with E-state index in [1.807, 2.05) is 18.2 Å². The predicted molar refractivity (Wildman–Crippen MR) is 126 cm³/mol. The number of carbonyl (C=O) groups excluding carboxylic acids is 2. The summed E-state index contributed by atoms with van der Waals surface area (Å²) in [5.74, 6) is -1.17. The number of primary amides is 1. The minimum absolute atomic E-state index is 0.0170. The third-order valence-corrected chi connectivity index (χ3v) is 4.97. The lowest BCUT2D eigenvalue weighted by Gasteiger charge is -2.24. The molecule has 0 atom stereocenters. The molecule has 1 heterocycles. The van der Waals surface area contributed by atoms with E-state index in [4.69, 9.17) is 20.9 Å². The molecule has 5 N–H and O–H groups in total. The van der Waals surface area contributed by atoms with E-state index in [0.29, 0.717) is 0 Å². The fraction of sp³-hybridized carbons (Fsp3) is 0.217. The molecule has 0 spiro atoms. The lowest BCUT2D eigenvalue weighted by Crippen LogP contribution is -2.44. The highest BCUT2D eigenvalue weighted by molar-refractivity contribution is 5.96. The van der Waals surface area contributed by atoms with Gasteiger partial charge in [-0.05, 0) is 23.8 Å². The number of nitrogen functional groups attached to an aromatic ring is 1. The van der Waals surface area contributed by atoms with Gasteiger partial charge in [-0.15, -0.1) is 0 Å². The maximum absolute atomic E-state index is 13.1. The summed E-state index contributed by atoms with van der Waals surface area (Å²) in [6, 6.07) is 15.1. The highest BCUT2D eigenvalue weighted by Gasteiger charge is 2.24. The van der Waals surface area contributed by atoms with Crippen LogP contribution in [0, 0.1) is 0 Å². The van der Waals surface area contributed by atoms with Crippen LogP contribution in [0.25, 0.3) is 0 Å². The number of hydrogen-bond acceptors (Lipinski definition) is 7. The molecule has 0 unspecified atom stereocenters. The molecule has 11 heteroatoms. The number of amides is 2. The summed E-state index contributed by atoms with van der Waals surface area (Å²) in [6.07, 6.45) is 0. The fourth-order valence-electron chi connectivity index (χ4n) is 3.27. The zero-order chi connectivity index (χ0) is 24.7. The summed E-state index contributed by atoms with van der Waals surface area (Å²) in [5, 5.41) is 0. The Kier molecular flexibility index (Phi) is 7.83.